The Kier molecular flexibility index (Phi) is 6.68. The molecule has 0 aliphatic heterocycles. The molecule has 2 atom stereocenters. The zero-order valence-electron chi connectivity index (χ0n) is 11.0. The second-order valence-electron chi connectivity index (χ2n) is 4.51. The van der Waals surface area contributed by atoms with Crippen molar-refractivity contribution in [2.45, 2.75) is 45.3 Å². The minimum absolute atomic E-state index is 0.0639. The standard InChI is InChI=1S/C14H22BrNO2/c1-3-5-11(17)9-16-13(4-2)12-8-10(15)6-7-14(12)18/h6-8,11,13,16-18H,3-5,9H2,1-2H3. The molecule has 0 aliphatic rings. The fourth-order valence-electron chi connectivity index (χ4n) is 1.99. The first-order valence-electron chi connectivity index (χ1n) is 6.48. The van der Waals surface area contributed by atoms with Crippen molar-refractivity contribution in [1.82, 2.24) is 5.32 Å². The number of nitrogens with one attached hydrogen (secondary N) is 1. The maximum absolute atomic E-state index is 9.88. The second-order valence-corrected chi connectivity index (χ2v) is 5.43. The van der Waals surface area contributed by atoms with Gasteiger partial charge < -0.3 is 15.5 Å². The highest BCUT2D eigenvalue weighted by Gasteiger charge is 2.14. The summed E-state index contributed by atoms with van der Waals surface area (Å²) in [6.07, 6.45) is 2.32. The molecule has 3 nitrogen and oxygen atoms in total. The molecule has 1 aromatic carbocycles. The van der Waals surface area contributed by atoms with E-state index >= 15 is 0 Å². The summed E-state index contributed by atoms with van der Waals surface area (Å²) in [7, 11) is 0. The topological polar surface area (TPSA) is 52.5 Å². The summed E-state index contributed by atoms with van der Waals surface area (Å²) >= 11 is 3.41. The first-order valence-corrected chi connectivity index (χ1v) is 7.27. The van der Waals surface area contributed by atoms with Gasteiger partial charge in [-0.15, -0.1) is 0 Å². The summed E-state index contributed by atoms with van der Waals surface area (Å²) in [6.45, 7) is 4.67. The van der Waals surface area contributed by atoms with E-state index in [1.807, 2.05) is 12.1 Å². The zero-order chi connectivity index (χ0) is 13.5. The number of hydrogen-bond acceptors (Lipinski definition) is 3. The van der Waals surface area contributed by atoms with Gasteiger partial charge >= 0.3 is 0 Å². The van der Waals surface area contributed by atoms with E-state index in [-0.39, 0.29) is 12.1 Å². The molecular weight excluding hydrogens is 294 g/mol. The highest BCUT2D eigenvalue weighted by atomic mass is 79.9. The largest absolute Gasteiger partial charge is 0.508 e. The lowest BCUT2D eigenvalue weighted by Gasteiger charge is -2.21. The van der Waals surface area contributed by atoms with Crippen LogP contribution in [0.2, 0.25) is 0 Å². The zero-order valence-corrected chi connectivity index (χ0v) is 12.6. The molecule has 0 aromatic heterocycles. The molecule has 0 fully saturated rings. The highest BCUT2D eigenvalue weighted by Crippen LogP contribution is 2.29. The van der Waals surface area contributed by atoms with Crippen molar-refractivity contribution in [3.63, 3.8) is 0 Å². The van der Waals surface area contributed by atoms with Gasteiger partial charge in [-0.2, -0.15) is 0 Å². The van der Waals surface area contributed by atoms with E-state index in [0.717, 1.165) is 29.3 Å². The van der Waals surface area contributed by atoms with Crippen LogP contribution < -0.4 is 5.32 Å². The van der Waals surface area contributed by atoms with E-state index in [9.17, 15) is 10.2 Å². The highest BCUT2D eigenvalue weighted by molar-refractivity contribution is 9.10. The SMILES string of the molecule is CCCC(O)CNC(CC)c1cc(Br)ccc1O. The van der Waals surface area contributed by atoms with Crippen molar-refractivity contribution in [2.24, 2.45) is 0 Å². The van der Waals surface area contributed by atoms with Crippen LogP contribution in [0.25, 0.3) is 0 Å². The van der Waals surface area contributed by atoms with Gasteiger partial charge in [0, 0.05) is 22.6 Å². The van der Waals surface area contributed by atoms with Gasteiger partial charge in [-0.25, -0.2) is 0 Å². The lowest BCUT2D eigenvalue weighted by Crippen LogP contribution is -2.30. The van der Waals surface area contributed by atoms with E-state index in [1.165, 1.54) is 0 Å². The molecule has 0 saturated carbocycles. The van der Waals surface area contributed by atoms with E-state index < -0.39 is 0 Å². The van der Waals surface area contributed by atoms with Crippen molar-refractivity contribution in [2.75, 3.05) is 6.54 Å². The van der Waals surface area contributed by atoms with Crippen LogP contribution in [0.4, 0.5) is 0 Å². The fourth-order valence-corrected chi connectivity index (χ4v) is 2.37. The van der Waals surface area contributed by atoms with Gasteiger partial charge in [0.05, 0.1) is 6.10 Å². The Morgan fingerprint density at radius 1 is 1.33 bits per heavy atom. The molecule has 0 heterocycles. The van der Waals surface area contributed by atoms with Gasteiger partial charge in [0.1, 0.15) is 5.75 Å². The van der Waals surface area contributed by atoms with Crippen LogP contribution >= 0.6 is 15.9 Å². The first kappa shape index (κ1) is 15.5. The molecule has 0 saturated heterocycles. The molecule has 3 N–H and O–H groups in total. The van der Waals surface area contributed by atoms with Crippen LogP contribution in [0.1, 0.15) is 44.7 Å². The number of phenols is 1. The molecule has 0 spiro atoms. The molecule has 18 heavy (non-hydrogen) atoms. The Labute approximate surface area is 117 Å². The summed E-state index contributed by atoms with van der Waals surface area (Å²) in [4.78, 5) is 0. The summed E-state index contributed by atoms with van der Waals surface area (Å²) in [5.41, 5.74) is 0.871. The number of hydrogen-bond donors (Lipinski definition) is 3. The number of rotatable bonds is 7. The molecule has 0 amide bonds. The van der Waals surface area contributed by atoms with Gasteiger partial charge in [0.15, 0.2) is 0 Å². The summed E-state index contributed by atoms with van der Waals surface area (Å²) < 4.78 is 0.949. The molecule has 102 valence electrons. The molecule has 1 rings (SSSR count). The quantitative estimate of drug-likeness (QED) is 0.723. The fraction of sp³-hybridized carbons (Fsp3) is 0.571. The third-order valence-electron chi connectivity index (χ3n) is 3.00. The van der Waals surface area contributed by atoms with Crippen LogP contribution in [-0.2, 0) is 0 Å². The Balaban J connectivity index is 2.68. The van der Waals surface area contributed by atoms with Crippen LogP contribution in [0.3, 0.4) is 0 Å². The smallest absolute Gasteiger partial charge is 0.120 e. The number of benzene rings is 1. The maximum Gasteiger partial charge on any atom is 0.120 e. The van der Waals surface area contributed by atoms with E-state index in [0.29, 0.717) is 12.3 Å². The van der Waals surface area contributed by atoms with Crippen molar-refractivity contribution < 1.29 is 10.2 Å². The Hall–Kier alpha value is -0.580. The van der Waals surface area contributed by atoms with Gasteiger partial charge in [-0.3, -0.25) is 0 Å². The lowest BCUT2D eigenvalue weighted by atomic mass is 10.0. The number of aliphatic hydroxyl groups is 1. The van der Waals surface area contributed by atoms with Crippen molar-refractivity contribution >= 4 is 15.9 Å². The minimum atomic E-state index is -0.321. The molecular formula is C14H22BrNO2. The number of phenolic OH excluding ortho intramolecular Hbond substituents is 1. The van der Waals surface area contributed by atoms with E-state index in [2.05, 4.69) is 35.1 Å². The summed E-state index contributed by atoms with van der Waals surface area (Å²) in [5.74, 6) is 0.294. The van der Waals surface area contributed by atoms with Crippen LogP contribution in [0, 0.1) is 0 Å². The van der Waals surface area contributed by atoms with E-state index in [1.54, 1.807) is 6.07 Å². The molecule has 0 radical (unpaired) electrons. The van der Waals surface area contributed by atoms with E-state index in [4.69, 9.17) is 0 Å². The lowest BCUT2D eigenvalue weighted by molar-refractivity contribution is 0.155. The predicted octanol–water partition coefficient (Wildman–Crippen LogP) is 3.36. The van der Waals surface area contributed by atoms with Gasteiger partial charge in [0.2, 0.25) is 0 Å². The minimum Gasteiger partial charge on any atom is -0.508 e. The maximum atomic E-state index is 9.88. The monoisotopic (exact) mass is 315 g/mol. The van der Waals surface area contributed by atoms with Crippen LogP contribution in [-0.4, -0.2) is 22.9 Å². The number of aromatic hydroxyl groups is 1. The van der Waals surface area contributed by atoms with Crippen LogP contribution in [0.5, 0.6) is 5.75 Å². The third kappa shape index (κ3) is 4.59. The second kappa shape index (κ2) is 7.77. The van der Waals surface area contributed by atoms with Crippen molar-refractivity contribution in [3.05, 3.63) is 28.2 Å². The average Bonchev–Trinajstić information content (AvgIpc) is 2.34. The normalized spacial score (nSPS) is 14.4. The summed E-state index contributed by atoms with van der Waals surface area (Å²) in [5, 5.41) is 22.9. The molecule has 1 aromatic rings. The number of halogens is 1. The van der Waals surface area contributed by atoms with Crippen LogP contribution in [0.15, 0.2) is 22.7 Å². The Morgan fingerprint density at radius 2 is 2.06 bits per heavy atom. The van der Waals surface area contributed by atoms with Gasteiger partial charge in [-0.1, -0.05) is 36.2 Å². The van der Waals surface area contributed by atoms with Crippen molar-refractivity contribution in [3.8, 4) is 5.75 Å². The molecule has 0 aliphatic carbocycles. The third-order valence-corrected chi connectivity index (χ3v) is 3.49. The molecule has 2 unspecified atom stereocenters. The Bertz CT molecular complexity index is 371. The molecule has 0 bridgehead atoms. The summed E-state index contributed by atoms with van der Waals surface area (Å²) in [6, 6.07) is 5.49. The van der Waals surface area contributed by atoms with Crippen molar-refractivity contribution in [1.29, 1.82) is 0 Å². The average molecular weight is 316 g/mol. The number of aliphatic hydroxyl groups excluding tert-OH is 1. The predicted molar refractivity (Wildman–Crippen MR) is 77.8 cm³/mol. The molecule has 4 heteroatoms. The van der Waals surface area contributed by atoms with Gasteiger partial charge in [-0.05, 0) is 31.0 Å². The van der Waals surface area contributed by atoms with Gasteiger partial charge in [0.25, 0.3) is 0 Å². The first-order chi connectivity index (χ1) is 8.58. The Morgan fingerprint density at radius 3 is 2.67 bits per heavy atom.